The van der Waals surface area contributed by atoms with Gasteiger partial charge in [0, 0.05) is 25.5 Å². The summed E-state index contributed by atoms with van der Waals surface area (Å²) in [6.45, 7) is 0. The van der Waals surface area contributed by atoms with E-state index in [1.54, 1.807) is 24.3 Å². The summed E-state index contributed by atoms with van der Waals surface area (Å²) in [4.78, 5) is 44.6. The van der Waals surface area contributed by atoms with Crippen molar-refractivity contribution >= 4 is 35.1 Å². The number of hydrogen-bond donors (Lipinski definition) is 4. The molecule has 0 aliphatic rings. The van der Waals surface area contributed by atoms with Crippen molar-refractivity contribution < 1.29 is 50.6 Å². The Morgan fingerprint density at radius 1 is 1.00 bits per heavy atom. The Balaban J connectivity index is 0.000000708. The van der Waals surface area contributed by atoms with Gasteiger partial charge < -0.3 is 25.8 Å². The van der Waals surface area contributed by atoms with Gasteiger partial charge in [-0.15, -0.1) is 0 Å². The zero-order valence-corrected chi connectivity index (χ0v) is 20.5. The number of carboxylic acid groups (broad SMARTS) is 1. The fourth-order valence-electron chi connectivity index (χ4n) is 2.83. The lowest BCUT2D eigenvalue weighted by Crippen LogP contribution is -2.21. The first-order valence-corrected chi connectivity index (χ1v) is 10.7. The Hall–Kier alpha value is -4.96. The van der Waals surface area contributed by atoms with Crippen molar-refractivity contribution in [2.45, 2.75) is 18.8 Å². The fourth-order valence-corrected chi connectivity index (χ4v) is 2.83. The molecule has 2 heterocycles. The minimum absolute atomic E-state index is 0.0256. The summed E-state index contributed by atoms with van der Waals surface area (Å²) in [7, 11) is 2.88. The highest BCUT2D eigenvalue weighted by atomic mass is 19.4. The normalized spacial score (nSPS) is 11.0. The van der Waals surface area contributed by atoms with Gasteiger partial charge in [-0.1, -0.05) is 12.1 Å². The number of carbonyl (C=O) groups is 3. The maximum absolute atomic E-state index is 13.5. The molecule has 0 fully saturated rings. The molecule has 11 nitrogen and oxygen atoms in total. The highest BCUT2D eigenvalue weighted by Crippen LogP contribution is 2.36. The van der Waals surface area contributed by atoms with Crippen LogP contribution < -0.4 is 20.7 Å². The van der Waals surface area contributed by atoms with Crippen LogP contribution in [0.5, 0.6) is 5.75 Å². The molecule has 214 valence electrons. The molecule has 0 unspecified atom stereocenters. The quantitative estimate of drug-likeness (QED) is 0.308. The second kappa shape index (κ2) is 13.2. The third-order valence-electron chi connectivity index (χ3n) is 4.68. The van der Waals surface area contributed by atoms with Crippen LogP contribution in [-0.2, 0) is 22.2 Å². The van der Waals surface area contributed by atoms with Crippen LogP contribution >= 0.6 is 0 Å². The molecule has 0 atom stereocenters. The van der Waals surface area contributed by atoms with Gasteiger partial charge in [0.05, 0.1) is 24.8 Å². The summed E-state index contributed by atoms with van der Waals surface area (Å²) < 4.78 is 77.4. The van der Waals surface area contributed by atoms with Crippen LogP contribution in [0.3, 0.4) is 0 Å². The number of carbonyl (C=O) groups excluding carboxylic acids is 2. The number of amides is 2. The number of ether oxygens (including phenoxy) is 1. The third-order valence-corrected chi connectivity index (χ3v) is 4.68. The number of alkyl halides is 6. The van der Waals surface area contributed by atoms with Crippen LogP contribution in [0.25, 0.3) is 0 Å². The van der Waals surface area contributed by atoms with E-state index in [0.29, 0.717) is 17.5 Å². The van der Waals surface area contributed by atoms with E-state index in [-0.39, 0.29) is 23.6 Å². The van der Waals surface area contributed by atoms with Crippen molar-refractivity contribution in [2.75, 3.05) is 24.8 Å². The number of nitrogens with one attached hydrogen (secondary N) is 3. The summed E-state index contributed by atoms with van der Waals surface area (Å²) in [5.74, 6) is -3.45. The summed E-state index contributed by atoms with van der Waals surface area (Å²) in [5.41, 5.74) is -0.928. The van der Waals surface area contributed by atoms with E-state index in [1.165, 1.54) is 20.4 Å². The van der Waals surface area contributed by atoms with Crippen molar-refractivity contribution in [2.24, 2.45) is 0 Å². The average molecular weight is 574 g/mol. The number of hydrogen-bond acceptors (Lipinski definition) is 8. The van der Waals surface area contributed by atoms with Gasteiger partial charge in [0.1, 0.15) is 29.3 Å². The topological polar surface area (TPSA) is 155 Å². The molecular formula is C23H20F6N6O5. The van der Waals surface area contributed by atoms with Crippen molar-refractivity contribution in [3.05, 3.63) is 65.7 Å². The lowest BCUT2D eigenvalue weighted by Gasteiger charge is -2.16. The molecule has 1 aromatic carbocycles. The van der Waals surface area contributed by atoms with E-state index in [1.807, 2.05) is 0 Å². The van der Waals surface area contributed by atoms with E-state index in [4.69, 9.17) is 14.6 Å². The third kappa shape index (κ3) is 9.10. The predicted octanol–water partition coefficient (Wildman–Crippen LogP) is 3.82. The van der Waals surface area contributed by atoms with E-state index >= 15 is 0 Å². The van der Waals surface area contributed by atoms with E-state index in [0.717, 1.165) is 12.4 Å². The Morgan fingerprint density at radius 2 is 1.62 bits per heavy atom. The molecule has 0 saturated heterocycles. The molecule has 0 aliphatic carbocycles. The first-order chi connectivity index (χ1) is 18.6. The molecule has 40 heavy (non-hydrogen) atoms. The largest absolute Gasteiger partial charge is 0.497 e. The van der Waals surface area contributed by atoms with Crippen molar-refractivity contribution in [1.29, 1.82) is 0 Å². The van der Waals surface area contributed by atoms with Gasteiger partial charge in [-0.2, -0.15) is 26.3 Å². The standard InChI is InChI=1S/C21H19F3N6O3.C2HF3O2/c1-25-20(32)14-9-26-11-28-19(14)29-16-8-17(27-10-15(16)21(22,23)24)30-18(31)7-12-3-5-13(33-2)6-4-12;3-2(4,5)1(6)7/h3-6,8-11H,7H2,1-2H3,(H,25,32)(H2,26,27,28,29,30,31);(H,6,7). The van der Waals surface area contributed by atoms with Crippen LogP contribution in [0.1, 0.15) is 21.5 Å². The SMILES string of the molecule is CNC(=O)c1cncnc1Nc1cc(NC(=O)Cc2ccc(OC)cc2)ncc1C(F)(F)F.O=C(O)C(F)(F)F. The number of aromatic nitrogens is 3. The van der Waals surface area contributed by atoms with Crippen molar-refractivity contribution in [3.63, 3.8) is 0 Å². The maximum atomic E-state index is 13.5. The fraction of sp³-hybridized carbons (Fsp3) is 0.217. The highest BCUT2D eigenvalue weighted by molar-refractivity contribution is 5.99. The van der Waals surface area contributed by atoms with Gasteiger partial charge >= 0.3 is 18.3 Å². The van der Waals surface area contributed by atoms with Crippen molar-refractivity contribution in [1.82, 2.24) is 20.3 Å². The van der Waals surface area contributed by atoms with Crippen LogP contribution in [0.4, 0.5) is 43.7 Å². The molecule has 2 aromatic heterocycles. The molecule has 0 bridgehead atoms. The van der Waals surface area contributed by atoms with Gasteiger partial charge in [0.2, 0.25) is 5.91 Å². The minimum atomic E-state index is -5.08. The molecule has 3 rings (SSSR count). The maximum Gasteiger partial charge on any atom is 0.490 e. The number of aliphatic carboxylic acids is 1. The summed E-state index contributed by atoms with van der Waals surface area (Å²) in [5, 5.41) is 14.5. The van der Waals surface area contributed by atoms with Crippen LogP contribution in [0.2, 0.25) is 0 Å². The number of pyridine rings is 1. The first-order valence-electron chi connectivity index (χ1n) is 10.7. The molecule has 2 amide bonds. The second-order valence-electron chi connectivity index (χ2n) is 7.48. The highest BCUT2D eigenvalue weighted by Gasteiger charge is 2.38. The molecule has 0 spiro atoms. The number of halogens is 6. The molecule has 3 aromatic rings. The summed E-state index contributed by atoms with van der Waals surface area (Å²) in [6.07, 6.45) is -7.02. The average Bonchev–Trinajstić information content (AvgIpc) is 2.88. The minimum Gasteiger partial charge on any atom is -0.497 e. The summed E-state index contributed by atoms with van der Waals surface area (Å²) >= 11 is 0. The predicted molar refractivity (Wildman–Crippen MR) is 127 cm³/mol. The van der Waals surface area contributed by atoms with E-state index in [9.17, 15) is 35.9 Å². The van der Waals surface area contributed by atoms with Crippen LogP contribution in [-0.4, -0.2) is 58.2 Å². The van der Waals surface area contributed by atoms with Gasteiger partial charge in [0.15, 0.2) is 0 Å². The molecular weight excluding hydrogens is 554 g/mol. The number of benzene rings is 1. The molecule has 0 radical (unpaired) electrons. The zero-order valence-electron chi connectivity index (χ0n) is 20.5. The Bertz CT molecular complexity index is 1350. The van der Waals surface area contributed by atoms with Gasteiger partial charge in [-0.25, -0.2) is 19.7 Å². The monoisotopic (exact) mass is 574 g/mol. The number of methoxy groups -OCH3 is 1. The Labute approximate surface area is 221 Å². The Kier molecular flexibility index (Phi) is 10.3. The lowest BCUT2D eigenvalue weighted by atomic mass is 10.1. The number of nitrogens with zero attached hydrogens (tertiary/aromatic N) is 3. The van der Waals surface area contributed by atoms with E-state index in [2.05, 4.69) is 30.9 Å². The smallest absolute Gasteiger partial charge is 0.490 e. The second-order valence-corrected chi connectivity index (χ2v) is 7.48. The molecule has 0 aliphatic heterocycles. The van der Waals surface area contributed by atoms with Gasteiger partial charge in [-0.05, 0) is 17.7 Å². The number of carboxylic acids is 1. The molecule has 4 N–H and O–H groups in total. The van der Waals surface area contributed by atoms with E-state index < -0.39 is 41.4 Å². The Morgan fingerprint density at radius 3 is 2.15 bits per heavy atom. The van der Waals surface area contributed by atoms with Crippen molar-refractivity contribution in [3.8, 4) is 5.75 Å². The van der Waals surface area contributed by atoms with Crippen LogP contribution in [0, 0.1) is 0 Å². The molecule has 0 saturated carbocycles. The lowest BCUT2D eigenvalue weighted by molar-refractivity contribution is -0.192. The zero-order chi connectivity index (χ0) is 30.1. The van der Waals surface area contributed by atoms with Gasteiger partial charge in [0.25, 0.3) is 5.91 Å². The number of rotatable bonds is 7. The van der Waals surface area contributed by atoms with Gasteiger partial charge in [-0.3, -0.25) is 9.59 Å². The summed E-state index contributed by atoms with van der Waals surface area (Å²) in [6, 6.07) is 7.78. The number of anilines is 3. The van der Waals surface area contributed by atoms with Crippen LogP contribution in [0.15, 0.2) is 49.1 Å². The first kappa shape index (κ1) is 31.3. The molecule has 17 heteroatoms.